The zero-order valence-electron chi connectivity index (χ0n) is 18.7. The molecule has 0 aromatic heterocycles. The molecule has 1 rings (SSSR count). The lowest BCUT2D eigenvalue weighted by atomic mass is 9.97. The van der Waals surface area contributed by atoms with E-state index in [4.69, 9.17) is 31.4 Å². The maximum Gasteiger partial charge on any atom is 0.306 e. The highest BCUT2D eigenvalue weighted by atomic mass is 16.6. The van der Waals surface area contributed by atoms with Gasteiger partial charge in [0.1, 0.15) is 24.4 Å². The van der Waals surface area contributed by atoms with Gasteiger partial charge in [0.05, 0.1) is 24.8 Å². The van der Waals surface area contributed by atoms with E-state index in [-0.39, 0.29) is 12.8 Å². The number of Topliss-reactive ketones (excluding diaryl/α,β-unsaturated/α-hetero) is 1. The lowest BCUT2D eigenvalue weighted by molar-refractivity contribution is -0.266. The van der Waals surface area contributed by atoms with Crippen LogP contribution in [0.5, 0.6) is 0 Å². The van der Waals surface area contributed by atoms with Gasteiger partial charge in [-0.25, -0.2) is 0 Å². The van der Waals surface area contributed by atoms with E-state index in [2.05, 4.69) is 5.32 Å². The third-order valence-electron chi connectivity index (χ3n) is 5.09. The van der Waals surface area contributed by atoms with Gasteiger partial charge in [-0.05, 0) is 27.2 Å². The van der Waals surface area contributed by atoms with Gasteiger partial charge < -0.3 is 52.0 Å². The smallest absolute Gasteiger partial charge is 0.306 e. The van der Waals surface area contributed by atoms with Gasteiger partial charge in [-0.1, -0.05) is 0 Å². The Kier molecular flexibility index (Phi) is 11.3. The Morgan fingerprint density at radius 2 is 1.79 bits per heavy atom. The van der Waals surface area contributed by atoms with Crippen LogP contribution in [0.4, 0.5) is 0 Å². The van der Waals surface area contributed by atoms with Crippen molar-refractivity contribution in [2.24, 2.45) is 17.2 Å². The molecule has 14 heteroatoms. The second kappa shape index (κ2) is 12.9. The standard InChI is InChI=1S/C19H34N4O10/c1-7(20)18(29)23-10(17(22)28)4-5-12(26)33-15(8(2)25)9(3)31-16-13(21)19(30)32-11(6-24)14(16)27/h7,9-11,13-16,19,24,27,30H,4-6,20-21H2,1-3H3,(H2,22,28)(H,23,29)/t7-,9?,10+,11+,13+,14+,15?,16+,19-/m0/s1. The van der Waals surface area contributed by atoms with Gasteiger partial charge in [0, 0.05) is 6.42 Å². The number of carbonyl (C=O) groups excluding carboxylic acids is 4. The minimum absolute atomic E-state index is 0.194. The Labute approximate surface area is 190 Å². The van der Waals surface area contributed by atoms with Gasteiger partial charge in [0.2, 0.25) is 11.8 Å². The van der Waals surface area contributed by atoms with Gasteiger partial charge in [0.25, 0.3) is 0 Å². The van der Waals surface area contributed by atoms with Crippen LogP contribution in [-0.2, 0) is 33.4 Å². The minimum atomic E-state index is -1.54. The SMILES string of the molecule is CC(=O)C(OC(=O)CC[C@@H](NC(=O)[C@H](C)N)C(N)=O)C(C)O[C@@H]1[C@@H](N)[C@@H](O)O[C@H](CO)[C@H]1O. The first-order chi connectivity index (χ1) is 15.3. The third kappa shape index (κ3) is 8.26. The maximum atomic E-state index is 12.3. The molecule has 1 saturated heterocycles. The summed E-state index contributed by atoms with van der Waals surface area (Å²) in [5, 5.41) is 31.7. The van der Waals surface area contributed by atoms with E-state index >= 15 is 0 Å². The lowest BCUT2D eigenvalue weighted by Gasteiger charge is -2.42. The lowest BCUT2D eigenvalue weighted by Crippen LogP contribution is -2.63. The summed E-state index contributed by atoms with van der Waals surface area (Å²) in [5.41, 5.74) is 16.5. The van der Waals surface area contributed by atoms with Crippen LogP contribution in [0.2, 0.25) is 0 Å². The average molecular weight is 478 g/mol. The molecule has 0 radical (unpaired) electrons. The maximum absolute atomic E-state index is 12.3. The van der Waals surface area contributed by atoms with Crippen molar-refractivity contribution in [1.82, 2.24) is 5.32 Å². The van der Waals surface area contributed by atoms with Crippen LogP contribution in [0.3, 0.4) is 0 Å². The van der Waals surface area contributed by atoms with Crippen molar-refractivity contribution in [1.29, 1.82) is 0 Å². The Morgan fingerprint density at radius 1 is 1.18 bits per heavy atom. The van der Waals surface area contributed by atoms with Crippen LogP contribution in [0.25, 0.3) is 0 Å². The Balaban J connectivity index is 2.78. The number of esters is 1. The minimum Gasteiger partial charge on any atom is -0.452 e. The molecule has 10 N–H and O–H groups in total. The molecule has 33 heavy (non-hydrogen) atoms. The molecule has 9 atom stereocenters. The van der Waals surface area contributed by atoms with Gasteiger partial charge in [-0.15, -0.1) is 0 Å². The molecule has 1 fully saturated rings. The number of ketones is 1. The molecule has 190 valence electrons. The van der Waals surface area contributed by atoms with E-state index in [0.29, 0.717) is 0 Å². The largest absolute Gasteiger partial charge is 0.452 e. The van der Waals surface area contributed by atoms with Crippen LogP contribution >= 0.6 is 0 Å². The number of primary amides is 1. The molecule has 2 amide bonds. The van der Waals surface area contributed by atoms with Gasteiger partial charge >= 0.3 is 5.97 Å². The fourth-order valence-electron chi connectivity index (χ4n) is 3.15. The predicted octanol–water partition coefficient (Wildman–Crippen LogP) is -4.24. The molecule has 0 aliphatic carbocycles. The molecule has 0 aromatic rings. The zero-order valence-corrected chi connectivity index (χ0v) is 18.7. The molecule has 14 nitrogen and oxygen atoms in total. The topological polar surface area (TPSA) is 247 Å². The highest BCUT2D eigenvalue weighted by molar-refractivity contribution is 5.89. The van der Waals surface area contributed by atoms with Crippen molar-refractivity contribution in [2.45, 2.75) is 88.5 Å². The van der Waals surface area contributed by atoms with Gasteiger partial charge in [-0.3, -0.25) is 19.2 Å². The summed E-state index contributed by atoms with van der Waals surface area (Å²) in [5.74, 6) is -2.97. The monoisotopic (exact) mass is 478 g/mol. The van der Waals surface area contributed by atoms with E-state index in [0.717, 1.165) is 6.92 Å². The van der Waals surface area contributed by atoms with Crippen LogP contribution in [-0.4, -0.2) is 100 Å². The van der Waals surface area contributed by atoms with Crippen molar-refractivity contribution in [3.63, 3.8) is 0 Å². The highest BCUT2D eigenvalue weighted by Crippen LogP contribution is 2.23. The normalized spacial score (nSPS) is 28.8. The summed E-state index contributed by atoms with van der Waals surface area (Å²) in [7, 11) is 0. The molecule has 0 aromatic carbocycles. The first-order valence-electron chi connectivity index (χ1n) is 10.4. The number of aliphatic hydroxyl groups excluding tert-OH is 3. The summed E-state index contributed by atoms with van der Waals surface area (Å²) in [6.07, 6.45) is -8.46. The number of amides is 2. The first-order valence-corrected chi connectivity index (χ1v) is 10.4. The van der Waals surface area contributed by atoms with E-state index < -0.39 is 85.1 Å². The molecule has 0 saturated carbocycles. The van der Waals surface area contributed by atoms with Crippen molar-refractivity contribution in [3.8, 4) is 0 Å². The second-order valence-corrected chi connectivity index (χ2v) is 7.93. The number of hydrogen-bond donors (Lipinski definition) is 7. The van der Waals surface area contributed by atoms with Crippen LogP contribution < -0.4 is 22.5 Å². The molecule has 2 unspecified atom stereocenters. The Morgan fingerprint density at radius 3 is 2.27 bits per heavy atom. The summed E-state index contributed by atoms with van der Waals surface area (Å²) < 4.78 is 15.8. The van der Waals surface area contributed by atoms with Crippen molar-refractivity contribution in [2.75, 3.05) is 6.61 Å². The number of hydrogen-bond acceptors (Lipinski definition) is 12. The Hall–Kier alpha value is -2.20. The molecule has 1 aliphatic rings. The van der Waals surface area contributed by atoms with Crippen molar-refractivity contribution in [3.05, 3.63) is 0 Å². The summed E-state index contributed by atoms with van der Waals surface area (Å²) in [4.78, 5) is 47.6. The number of ether oxygens (including phenoxy) is 3. The summed E-state index contributed by atoms with van der Waals surface area (Å²) >= 11 is 0. The number of nitrogens with one attached hydrogen (secondary N) is 1. The predicted molar refractivity (Wildman–Crippen MR) is 111 cm³/mol. The van der Waals surface area contributed by atoms with E-state index in [1.165, 1.54) is 13.8 Å². The van der Waals surface area contributed by atoms with E-state index in [1.54, 1.807) is 0 Å². The molecule has 0 bridgehead atoms. The Bertz CT molecular complexity index is 706. The fourth-order valence-corrected chi connectivity index (χ4v) is 3.15. The van der Waals surface area contributed by atoms with Crippen LogP contribution in [0.1, 0.15) is 33.6 Å². The number of nitrogens with two attached hydrogens (primary N) is 3. The number of rotatable bonds is 12. The second-order valence-electron chi connectivity index (χ2n) is 7.93. The van der Waals surface area contributed by atoms with Gasteiger partial charge in [-0.2, -0.15) is 0 Å². The molecular formula is C19H34N4O10. The van der Waals surface area contributed by atoms with Crippen molar-refractivity contribution >= 4 is 23.6 Å². The molecule has 1 heterocycles. The molecule has 0 spiro atoms. The van der Waals surface area contributed by atoms with Gasteiger partial charge in [0.15, 0.2) is 18.2 Å². The third-order valence-corrected chi connectivity index (χ3v) is 5.09. The van der Waals surface area contributed by atoms with Crippen LogP contribution in [0, 0.1) is 0 Å². The fraction of sp³-hybridized carbons (Fsp3) is 0.789. The van der Waals surface area contributed by atoms with E-state index in [1.807, 2.05) is 0 Å². The number of aliphatic hydroxyl groups is 3. The zero-order chi connectivity index (χ0) is 25.5. The average Bonchev–Trinajstić information content (AvgIpc) is 2.73. The van der Waals surface area contributed by atoms with Crippen LogP contribution in [0.15, 0.2) is 0 Å². The molecule has 1 aliphatic heterocycles. The summed E-state index contributed by atoms with van der Waals surface area (Å²) in [6.45, 7) is 3.33. The quantitative estimate of drug-likeness (QED) is 0.132. The highest BCUT2D eigenvalue weighted by Gasteiger charge is 2.45. The van der Waals surface area contributed by atoms with Crippen molar-refractivity contribution < 1.29 is 48.7 Å². The first kappa shape index (κ1) is 28.8. The number of carbonyl (C=O) groups is 4. The van der Waals surface area contributed by atoms with E-state index in [9.17, 15) is 34.5 Å². The molecular weight excluding hydrogens is 444 g/mol. The summed E-state index contributed by atoms with van der Waals surface area (Å²) in [6, 6.07) is -3.28.